The highest BCUT2D eigenvalue weighted by molar-refractivity contribution is 8.26. The van der Waals surface area contributed by atoms with Crippen LogP contribution in [0.25, 0.3) is 23.0 Å². The third kappa shape index (κ3) is 4.00. The summed E-state index contributed by atoms with van der Waals surface area (Å²) < 4.78 is 19.1. The number of rotatable bonds is 5. The van der Waals surface area contributed by atoms with Crippen LogP contribution in [0.4, 0.5) is 0 Å². The number of ether oxygens (including phenoxy) is 3. The number of amides is 1. The number of carbonyl (C=O) groups excluding carboxylic acids is 1. The normalized spacial score (nSPS) is 20.6. The van der Waals surface area contributed by atoms with Crippen LogP contribution in [0.15, 0.2) is 59.6 Å². The number of thioether (sulfide) groups is 1. The Labute approximate surface area is 206 Å². The molecular formula is C25H21N3O4S2. The van der Waals surface area contributed by atoms with Gasteiger partial charge in [-0.2, -0.15) is 5.10 Å². The highest BCUT2D eigenvalue weighted by Crippen LogP contribution is 2.39. The maximum atomic E-state index is 13.2. The van der Waals surface area contributed by atoms with E-state index < -0.39 is 0 Å². The van der Waals surface area contributed by atoms with Crippen molar-refractivity contribution in [3.05, 3.63) is 65.2 Å². The van der Waals surface area contributed by atoms with Crippen molar-refractivity contribution < 1.29 is 19.0 Å². The molecule has 1 aromatic heterocycles. The molecule has 1 unspecified atom stereocenters. The van der Waals surface area contributed by atoms with Gasteiger partial charge in [0, 0.05) is 23.9 Å². The number of benzene rings is 2. The summed E-state index contributed by atoms with van der Waals surface area (Å²) in [6.07, 6.45) is 5.83. The van der Waals surface area contributed by atoms with Crippen LogP contribution in [0.3, 0.4) is 0 Å². The Morgan fingerprint density at radius 3 is 2.82 bits per heavy atom. The van der Waals surface area contributed by atoms with Gasteiger partial charge in [-0.05, 0) is 49.2 Å². The zero-order chi connectivity index (χ0) is 23.1. The van der Waals surface area contributed by atoms with E-state index in [9.17, 15) is 4.79 Å². The fraction of sp³-hybridized carbons (Fsp3) is 0.240. The molecule has 172 valence electrons. The first kappa shape index (κ1) is 21.4. The zero-order valence-corrected chi connectivity index (χ0v) is 19.8. The zero-order valence-electron chi connectivity index (χ0n) is 18.2. The number of nitrogens with zero attached hydrogens (tertiary/aromatic N) is 3. The van der Waals surface area contributed by atoms with Gasteiger partial charge in [0.05, 0.1) is 23.2 Å². The molecule has 1 amide bonds. The predicted molar refractivity (Wildman–Crippen MR) is 134 cm³/mol. The molecule has 0 saturated carbocycles. The molecule has 2 saturated heterocycles. The number of carbonyl (C=O) groups is 1. The molecule has 0 aliphatic carbocycles. The lowest BCUT2D eigenvalue weighted by atomic mass is 10.1. The lowest BCUT2D eigenvalue weighted by Gasteiger charge is -2.18. The summed E-state index contributed by atoms with van der Waals surface area (Å²) in [7, 11) is 0. The largest absolute Gasteiger partial charge is 0.454 e. The molecule has 0 bridgehead atoms. The van der Waals surface area contributed by atoms with Crippen molar-refractivity contribution in [2.24, 2.45) is 0 Å². The minimum Gasteiger partial charge on any atom is -0.454 e. The Morgan fingerprint density at radius 1 is 1.15 bits per heavy atom. The van der Waals surface area contributed by atoms with Gasteiger partial charge in [-0.15, -0.1) is 0 Å². The topological polar surface area (TPSA) is 65.8 Å². The van der Waals surface area contributed by atoms with Crippen LogP contribution in [0, 0.1) is 0 Å². The molecule has 3 aromatic rings. The second-order valence-corrected chi connectivity index (χ2v) is 9.88. The number of thiocarbonyl (C=S) groups is 1. The Balaban J connectivity index is 1.38. The standard InChI is InChI=1S/C25H21N3O4S2/c29-24-22(34-25(33)27(24)14-19-7-4-10-30-19)12-17-13-28(18-5-2-1-3-6-18)26-23(17)16-8-9-20-21(11-16)32-15-31-20/h1-3,5-6,8-9,11-13,19H,4,7,10,14-15H2/b22-12-. The lowest BCUT2D eigenvalue weighted by molar-refractivity contribution is -0.123. The average Bonchev–Trinajstić information content (AvgIpc) is 3.65. The van der Waals surface area contributed by atoms with E-state index >= 15 is 0 Å². The van der Waals surface area contributed by atoms with Gasteiger partial charge in [-0.25, -0.2) is 4.68 Å². The van der Waals surface area contributed by atoms with Gasteiger partial charge in [0.2, 0.25) is 6.79 Å². The summed E-state index contributed by atoms with van der Waals surface area (Å²) in [6.45, 7) is 1.45. The number of para-hydroxylation sites is 1. The lowest BCUT2D eigenvalue weighted by Crippen LogP contribution is -2.35. The van der Waals surface area contributed by atoms with Crippen molar-refractivity contribution in [2.75, 3.05) is 19.9 Å². The molecule has 0 N–H and O–H groups in total. The van der Waals surface area contributed by atoms with Crippen LogP contribution in [0.1, 0.15) is 18.4 Å². The van der Waals surface area contributed by atoms with E-state index in [4.69, 9.17) is 31.5 Å². The van der Waals surface area contributed by atoms with Gasteiger partial charge < -0.3 is 14.2 Å². The van der Waals surface area contributed by atoms with Crippen molar-refractivity contribution in [1.29, 1.82) is 0 Å². The maximum Gasteiger partial charge on any atom is 0.266 e. The Bertz CT molecular complexity index is 1300. The van der Waals surface area contributed by atoms with E-state index in [-0.39, 0.29) is 18.8 Å². The van der Waals surface area contributed by atoms with E-state index in [0.717, 1.165) is 42.0 Å². The van der Waals surface area contributed by atoms with Crippen LogP contribution >= 0.6 is 24.0 Å². The van der Waals surface area contributed by atoms with Gasteiger partial charge in [0.25, 0.3) is 5.91 Å². The molecule has 34 heavy (non-hydrogen) atoms. The van der Waals surface area contributed by atoms with Gasteiger partial charge >= 0.3 is 0 Å². The van der Waals surface area contributed by atoms with Crippen LogP contribution in [-0.4, -0.2) is 51.0 Å². The van der Waals surface area contributed by atoms with E-state index in [2.05, 4.69) is 0 Å². The van der Waals surface area contributed by atoms with Crippen LogP contribution in [-0.2, 0) is 9.53 Å². The van der Waals surface area contributed by atoms with Crippen LogP contribution in [0.2, 0.25) is 0 Å². The summed E-state index contributed by atoms with van der Waals surface area (Å²) >= 11 is 6.85. The molecule has 0 spiro atoms. The molecule has 2 aromatic carbocycles. The van der Waals surface area contributed by atoms with Crippen molar-refractivity contribution in [3.63, 3.8) is 0 Å². The van der Waals surface area contributed by atoms with Gasteiger partial charge in [0.15, 0.2) is 11.5 Å². The second-order valence-electron chi connectivity index (χ2n) is 8.21. The average molecular weight is 492 g/mol. The van der Waals surface area contributed by atoms with Crippen LogP contribution in [0.5, 0.6) is 11.5 Å². The summed E-state index contributed by atoms with van der Waals surface area (Å²) in [6, 6.07) is 15.6. The van der Waals surface area contributed by atoms with Gasteiger partial charge in [-0.1, -0.05) is 42.2 Å². The number of fused-ring (bicyclic) bond motifs is 1. The SMILES string of the molecule is O=C1/C(=C/c2cn(-c3ccccc3)nc2-c2ccc3c(c2)OCO3)SC(=S)N1CC1CCCO1. The molecular weight excluding hydrogens is 470 g/mol. The van der Waals surface area contributed by atoms with Gasteiger partial charge in [-0.3, -0.25) is 9.69 Å². The van der Waals surface area contributed by atoms with Crippen molar-refractivity contribution in [2.45, 2.75) is 18.9 Å². The quantitative estimate of drug-likeness (QED) is 0.380. The fourth-order valence-corrected chi connectivity index (χ4v) is 5.53. The van der Waals surface area contributed by atoms with E-state index in [1.165, 1.54) is 11.8 Å². The Morgan fingerprint density at radius 2 is 2.00 bits per heavy atom. The highest BCUT2D eigenvalue weighted by atomic mass is 32.2. The molecule has 6 rings (SSSR count). The molecule has 3 aliphatic heterocycles. The smallest absolute Gasteiger partial charge is 0.266 e. The highest BCUT2D eigenvalue weighted by Gasteiger charge is 2.35. The third-order valence-corrected chi connectivity index (χ3v) is 7.36. The Kier molecular flexibility index (Phi) is 5.60. The summed E-state index contributed by atoms with van der Waals surface area (Å²) in [5.41, 5.74) is 3.36. The second kappa shape index (κ2) is 8.90. The summed E-state index contributed by atoms with van der Waals surface area (Å²) in [5.74, 6) is 1.30. The minimum atomic E-state index is -0.0883. The number of hydrogen-bond donors (Lipinski definition) is 0. The molecule has 2 fully saturated rings. The molecule has 1 atom stereocenters. The first-order valence-electron chi connectivity index (χ1n) is 11.1. The summed E-state index contributed by atoms with van der Waals surface area (Å²) in [5, 5.41) is 4.85. The monoisotopic (exact) mass is 491 g/mol. The van der Waals surface area contributed by atoms with E-state index in [1.54, 1.807) is 4.90 Å². The number of hydrogen-bond acceptors (Lipinski definition) is 7. The molecule has 3 aliphatic rings. The molecule has 0 radical (unpaired) electrons. The third-order valence-electron chi connectivity index (χ3n) is 5.98. The van der Waals surface area contributed by atoms with Crippen molar-refractivity contribution in [3.8, 4) is 28.4 Å². The minimum absolute atomic E-state index is 0.0480. The molecule has 9 heteroatoms. The van der Waals surface area contributed by atoms with Crippen molar-refractivity contribution >= 4 is 40.3 Å². The van der Waals surface area contributed by atoms with Gasteiger partial charge in [0.1, 0.15) is 10.0 Å². The first-order chi connectivity index (χ1) is 16.7. The number of aromatic nitrogens is 2. The molecule has 7 nitrogen and oxygen atoms in total. The Hall–Kier alpha value is -3.14. The van der Waals surface area contributed by atoms with Crippen LogP contribution < -0.4 is 9.47 Å². The fourth-order valence-electron chi connectivity index (χ4n) is 4.26. The molecule has 4 heterocycles. The maximum absolute atomic E-state index is 13.2. The van der Waals surface area contributed by atoms with E-state index in [1.807, 2.05) is 65.5 Å². The van der Waals surface area contributed by atoms with E-state index in [0.29, 0.717) is 27.3 Å². The van der Waals surface area contributed by atoms with Crippen molar-refractivity contribution in [1.82, 2.24) is 14.7 Å². The summed E-state index contributed by atoms with van der Waals surface area (Å²) in [4.78, 5) is 15.5. The predicted octanol–water partition coefficient (Wildman–Crippen LogP) is 4.65. The first-order valence-corrected chi connectivity index (χ1v) is 12.3.